The zero-order chi connectivity index (χ0) is 20.0. The van der Waals surface area contributed by atoms with E-state index in [4.69, 9.17) is 4.98 Å². The quantitative estimate of drug-likeness (QED) is 0.513. The molecule has 1 aliphatic rings. The van der Waals surface area contributed by atoms with Gasteiger partial charge in [0.1, 0.15) is 11.5 Å². The SMILES string of the molecule is Cc1cc(C(=O)N2CCC[C@H](c3nc4ccccc4n3C)C2)nc2ccccc12. The highest BCUT2D eigenvalue weighted by Crippen LogP contribution is 2.29. The molecule has 0 unspecified atom stereocenters. The number of piperidine rings is 1. The van der Waals surface area contributed by atoms with Gasteiger partial charge in [-0.05, 0) is 49.6 Å². The van der Waals surface area contributed by atoms with Gasteiger partial charge in [-0.15, -0.1) is 0 Å². The molecule has 0 aliphatic carbocycles. The molecule has 29 heavy (non-hydrogen) atoms. The number of likely N-dealkylation sites (tertiary alicyclic amines) is 1. The van der Waals surface area contributed by atoms with Crippen LogP contribution >= 0.6 is 0 Å². The molecule has 0 radical (unpaired) electrons. The second-order valence-electron chi connectivity index (χ2n) is 7.95. The summed E-state index contributed by atoms with van der Waals surface area (Å²) in [5, 5.41) is 1.10. The molecule has 0 bridgehead atoms. The van der Waals surface area contributed by atoms with Crippen LogP contribution in [0, 0.1) is 6.92 Å². The molecule has 1 atom stereocenters. The lowest BCUT2D eigenvalue weighted by atomic mass is 9.96. The van der Waals surface area contributed by atoms with Gasteiger partial charge >= 0.3 is 0 Å². The average Bonchev–Trinajstić information content (AvgIpc) is 3.10. The van der Waals surface area contributed by atoms with Crippen molar-refractivity contribution in [2.24, 2.45) is 7.05 Å². The minimum Gasteiger partial charge on any atom is -0.337 e. The topological polar surface area (TPSA) is 51.0 Å². The summed E-state index contributed by atoms with van der Waals surface area (Å²) in [4.78, 5) is 24.7. The second-order valence-corrected chi connectivity index (χ2v) is 7.95. The molecule has 5 rings (SSSR count). The Hall–Kier alpha value is -3.21. The van der Waals surface area contributed by atoms with E-state index in [1.165, 1.54) is 0 Å². The number of nitrogens with zero attached hydrogens (tertiary/aromatic N) is 4. The molecule has 2 aromatic heterocycles. The van der Waals surface area contributed by atoms with E-state index in [9.17, 15) is 4.79 Å². The summed E-state index contributed by atoms with van der Waals surface area (Å²) in [5.41, 5.74) is 4.65. The maximum Gasteiger partial charge on any atom is 0.272 e. The Morgan fingerprint density at radius 3 is 2.62 bits per heavy atom. The van der Waals surface area contributed by atoms with Crippen LogP contribution in [0.3, 0.4) is 0 Å². The van der Waals surface area contributed by atoms with Gasteiger partial charge in [0.25, 0.3) is 5.91 Å². The van der Waals surface area contributed by atoms with E-state index in [2.05, 4.69) is 28.7 Å². The molecule has 0 spiro atoms. The van der Waals surface area contributed by atoms with Crippen molar-refractivity contribution in [3.63, 3.8) is 0 Å². The Balaban J connectivity index is 1.44. The number of aromatic nitrogens is 3. The minimum atomic E-state index is 0.0160. The number of hydrogen-bond acceptors (Lipinski definition) is 3. The Morgan fingerprint density at radius 1 is 1.03 bits per heavy atom. The Morgan fingerprint density at radius 2 is 1.79 bits per heavy atom. The largest absolute Gasteiger partial charge is 0.337 e. The van der Waals surface area contributed by atoms with Crippen LogP contribution in [0.25, 0.3) is 21.9 Å². The lowest BCUT2D eigenvalue weighted by molar-refractivity contribution is 0.0698. The number of benzene rings is 2. The number of rotatable bonds is 2. The van der Waals surface area contributed by atoms with Gasteiger partial charge in [-0.3, -0.25) is 4.79 Å². The molecule has 1 amide bonds. The van der Waals surface area contributed by atoms with E-state index < -0.39 is 0 Å². The first-order valence-electron chi connectivity index (χ1n) is 10.2. The Bertz CT molecular complexity index is 1230. The average molecular weight is 384 g/mol. The van der Waals surface area contributed by atoms with E-state index in [1.807, 2.05) is 54.3 Å². The highest BCUT2D eigenvalue weighted by atomic mass is 16.2. The van der Waals surface area contributed by atoms with Gasteiger partial charge in [0.2, 0.25) is 0 Å². The van der Waals surface area contributed by atoms with Crippen molar-refractivity contribution in [2.75, 3.05) is 13.1 Å². The molecule has 2 aromatic carbocycles. The molecule has 0 N–H and O–H groups in total. The molecule has 4 aromatic rings. The number of pyridine rings is 1. The van der Waals surface area contributed by atoms with Gasteiger partial charge in [-0.2, -0.15) is 0 Å². The summed E-state index contributed by atoms with van der Waals surface area (Å²) in [6.07, 6.45) is 2.03. The molecule has 1 aliphatic heterocycles. The predicted molar refractivity (Wildman–Crippen MR) is 115 cm³/mol. The fraction of sp³-hybridized carbons (Fsp3) is 0.292. The van der Waals surface area contributed by atoms with Gasteiger partial charge < -0.3 is 9.47 Å². The van der Waals surface area contributed by atoms with E-state index in [0.29, 0.717) is 12.2 Å². The monoisotopic (exact) mass is 384 g/mol. The van der Waals surface area contributed by atoms with E-state index >= 15 is 0 Å². The zero-order valence-corrected chi connectivity index (χ0v) is 16.8. The maximum absolute atomic E-state index is 13.3. The van der Waals surface area contributed by atoms with Gasteiger partial charge in [0, 0.05) is 31.4 Å². The maximum atomic E-state index is 13.3. The van der Waals surface area contributed by atoms with Crippen molar-refractivity contribution in [2.45, 2.75) is 25.7 Å². The van der Waals surface area contributed by atoms with Crippen molar-refractivity contribution in [3.8, 4) is 0 Å². The smallest absolute Gasteiger partial charge is 0.272 e. The van der Waals surface area contributed by atoms with E-state index in [0.717, 1.165) is 52.7 Å². The summed E-state index contributed by atoms with van der Waals surface area (Å²) in [6.45, 7) is 3.50. The molecule has 0 saturated carbocycles. The molecule has 3 heterocycles. The van der Waals surface area contributed by atoms with Crippen molar-refractivity contribution in [1.82, 2.24) is 19.4 Å². The number of carbonyl (C=O) groups excluding carboxylic acids is 1. The molecule has 5 nitrogen and oxygen atoms in total. The lowest BCUT2D eigenvalue weighted by Gasteiger charge is -2.32. The number of fused-ring (bicyclic) bond motifs is 2. The summed E-state index contributed by atoms with van der Waals surface area (Å²) < 4.78 is 2.17. The van der Waals surface area contributed by atoms with Gasteiger partial charge in [-0.1, -0.05) is 30.3 Å². The molecule has 1 fully saturated rings. The molecule has 146 valence electrons. The first kappa shape index (κ1) is 17.9. The number of aryl methyl sites for hydroxylation is 2. The van der Waals surface area contributed by atoms with Crippen molar-refractivity contribution >= 4 is 27.8 Å². The van der Waals surface area contributed by atoms with Crippen molar-refractivity contribution in [3.05, 3.63) is 71.7 Å². The molecular weight excluding hydrogens is 360 g/mol. The first-order chi connectivity index (χ1) is 14.1. The third kappa shape index (κ3) is 3.07. The fourth-order valence-corrected chi connectivity index (χ4v) is 4.52. The third-order valence-electron chi connectivity index (χ3n) is 6.04. The molecular formula is C24H24N4O. The van der Waals surface area contributed by atoms with Crippen LogP contribution in [0.4, 0.5) is 0 Å². The third-order valence-corrected chi connectivity index (χ3v) is 6.04. The standard InChI is InChI=1S/C24H24N4O/c1-16-14-21(25-19-10-4-3-9-18(16)19)24(29)28-13-7-8-17(15-28)23-26-20-11-5-6-12-22(20)27(23)2/h3-6,9-12,14,17H,7-8,13,15H2,1-2H3/t17-/m0/s1. The minimum absolute atomic E-state index is 0.0160. The van der Waals surface area contributed by atoms with Gasteiger partial charge in [0.15, 0.2) is 0 Å². The second kappa shape index (κ2) is 6.99. The predicted octanol–water partition coefficient (Wildman–Crippen LogP) is 4.45. The van der Waals surface area contributed by atoms with Crippen molar-refractivity contribution < 1.29 is 4.79 Å². The number of carbonyl (C=O) groups is 1. The van der Waals surface area contributed by atoms with Crippen LogP contribution in [-0.4, -0.2) is 38.4 Å². The summed E-state index contributed by atoms with van der Waals surface area (Å²) in [7, 11) is 2.07. The number of amides is 1. The number of para-hydroxylation sites is 3. The Kier molecular flexibility index (Phi) is 4.31. The van der Waals surface area contributed by atoms with E-state index in [1.54, 1.807) is 0 Å². The van der Waals surface area contributed by atoms with Crippen LogP contribution in [0.1, 0.15) is 40.6 Å². The highest BCUT2D eigenvalue weighted by Gasteiger charge is 2.29. The van der Waals surface area contributed by atoms with Crippen LogP contribution in [0.2, 0.25) is 0 Å². The van der Waals surface area contributed by atoms with Crippen LogP contribution in [0.5, 0.6) is 0 Å². The van der Waals surface area contributed by atoms with Gasteiger partial charge in [0.05, 0.1) is 16.6 Å². The highest BCUT2D eigenvalue weighted by molar-refractivity contribution is 5.96. The van der Waals surface area contributed by atoms with Crippen LogP contribution < -0.4 is 0 Å². The molecule has 5 heteroatoms. The zero-order valence-electron chi connectivity index (χ0n) is 16.8. The van der Waals surface area contributed by atoms with E-state index in [-0.39, 0.29) is 11.8 Å². The first-order valence-corrected chi connectivity index (χ1v) is 10.2. The van der Waals surface area contributed by atoms with Crippen LogP contribution in [0.15, 0.2) is 54.6 Å². The van der Waals surface area contributed by atoms with Gasteiger partial charge in [-0.25, -0.2) is 9.97 Å². The summed E-state index contributed by atoms with van der Waals surface area (Å²) in [5.74, 6) is 1.32. The summed E-state index contributed by atoms with van der Waals surface area (Å²) in [6, 6.07) is 18.1. The number of imidazole rings is 1. The van der Waals surface area contributed by atoms with Crippen molar-refractivity contribution in [1.29, 1.82) is 0 Å². The van der Waals surface area contributed by atoms with Crippen LogP contribution in [-0.2, 0) is 7.05 Å². The lowest BCUT2D eigenvalue weighted by Crippen LogP contribution is -2.40. The molecule has 1 saturated heterocycles. The summed E-state index contributed by atoms with van der Waals surface area (Å²) >= 11 is 0. The normalized spacial score (nSPS) is 17.2. The number of hydrogen-bond donors (Lipinski definition) is 0. The Labute approximate surface area is 170 Å². The fourth-order valence-electron chi connectivity index (χ4n) is 4.52.